The summed E-state index contributed by atoms with van der Waals surface area (Å²) < 4.78 is 26.8. The van der Waals surface area contributed by atoms with Gasteiger partial charge >= 0.3 is 0 Å². The van der Waals surface area contributed by atoms with Crippen LogP contribution in [-0.4, -0.2) is 17.4 Å². The van der Waals surface area contributed by atoms with Crippen molar-refractivity contribution in [3.8, 4) is 0 Å². The van der Waals surface area contributed by atoms with E-state index in [1.54, 1.807) is 11.3 Å². The molecule has 0 aliphatic rings. The van der Waals surface area contributed by atoms with Crippen LogP contribution in [-0.2, 0) is 6.42 Å². The van der Waals surface area contributed by atoms with Gasteiger partial charge in [0.05, 0.1) is 10.7 Å². The Bertz CT molecular complexity index is 620. The minimum atomic E-state index is -0.854. The monoisotopic (exact) mass is 296 g/mol. The van der Waals surface area contributed by atoms with Gasteiger partial charge in [0.2, 0.25) is 0 Å². The van der Waals surface area contributed by atoms with Crippen molar-refractivity contribution in [2.75, 3.05) is 6.54 Å². The molecule has 0 aliphatic carbocycles. The summed E-state index contributed by atoms with van der Waals surface area (Å²) in [7, 11) is 0. The number of hydrogen-bond acceptors (Lipinski definition) is 3. The minimum absolute atomic E-state index is 0.315. The van der Waals surface area contributed by atoms with Gasteiger partial charge in [-0.25, -0.2) is 13.8 Å². The van der Waals surface area contributed by atoms with E-state index in [-0.39, 0.29) is 0 Å². The number of halogens is 2. The van der Waals surface area contributed by atoms with E-state index in [2.05, 4.69) is 10.3 Å². The fourth-order valence-electron chi connectivity index (χ4n) is 1.90. The summed E-state index contributed by atoms with van der Waals surface area (Å²) in [6, 6.07) is 3.36. The molecule has 0 aliphatic heterocycles. The molecule has 0 unspecified atom stereocenters. The Labute approximate surface area is 119 Å². The molecular formula is C14H14F2N2OS. The first kappa shape index (κ1) is 14.6. The second-order valence-electron chi connectivity index (χ2n) is 4.34. The Balaban J connectivity index is 1.98. The van der Waals surface area contributed by atoms with E-state index < -0.39 is 23.1 Å². The summed E-state index contributed by atoms with van der Waals surface area (Å²) in [6.45, 7) is 4.13. The molecule has 3 nitrogen and oxygen atoms in total. The third-order valence-corrected chi connectivity index (χ3v) is 3.96. The highest BCUT2D eigenvalue weighted by Gasteiger charge is 2.16. The number of aryl methyl sites for hydroxylation is 2. The Morgan fingerprint density at radius 1 is 1.30 bits per heavy atom. The van der Waals surface area contributed by atoms with E-state index in [9.17, 15) is 13.6 Å². The molecule has 0 radical (unpaired) electrons. The van der Waals surface area contributed by atoms with Gasteiger partial charge in [-0.05, 0) is 26.0 Å². The molecule has 1 N–H and O–H groups in total. The van der Waals surface area contributed by atoms with Crippen molar-refractivity contribution in [1.82, 2.24) is 10.3 Å². The maximum Gasteiger partial charge on any atom is 0.257 e. The number of benzene rings is 1. The largest absolute Gasteiger partial charge is 0.351 e. The lowest BCUT2D eigenvalue weighted by Crippen LogP contribution is -2.27. The molecule has 2 aromatic rings. The van der Waals surface area contributed by atoms with E-state index in [0.717, 1.165) is 27.7 Å². The highest BCUT2D eigenvalue weighted by atomic mass is 32.1. The van der Waals surface area contributed by atoms with Crippen LogP contribution in [0.2, 0.25) is 0 Å². The minimum Gasteiger partial charge on any atom is -0.351 e. The number of rotatable bonds is 4. The first-order valence-corrected chi connectivity index (χ1v) is 6.96. The van der Waals surface area contributed by atoms with Gasteiger partial charge < -0.3 is 5.32 Å². The number of nitrogens with one attached hydrogen (secondary N) is 1. The van der Waals surface area contributed by atoms with E-state index in [1.165, 1.54) is 6.07 Å². The summed E-state index contributed by atoms with van der Waals surface area (Å²) in [6.07, 6.45) is 0.596. The predicted molar refractivity (Wildman–Crippen MR) is 74.0 cm³/mol. The lowest BCUT2D eigenvalue weighted by Gasteiger charge is -2.06. The van der Waals surface area contributed by atoms with Crippen LogP contribution in [0, 0.1) is 25.5 Å². The Hall–Kier alpha value is -1.82. The van der Waals surface area contributed by atoms with Crippen molar-refractivity contribution in [3.63, 3.8) is 0 Å². The van der Waals surface area contributed by atoms with Crippen LogP contribution in [0.1, 0.15) is 25.9 Å². The lowest BCUT2D eigenvalue weighted by molar-refractivity contribution is 0.0945. The molecule has 0 fully saturated rings. The van der Waals surface area contributed by atoms with Gasteiger partial charge in [-0.3, -0.25) is 4.79 Å². The zero-order valence-electron chi connectivity index (χ0n) is 11.2. The summed E-state index contributed by atoms with van der Waals surface area (Å²) in [4.78, 5) is 17.1. The van der Waals surface area contributed by atoms with Crippen LogP contribution in [0.15, 0.2) is 18.2 Å². The SMILES string of the molecule is Cc1nc(C)c(CCNC(=O)c2c(F)cccc2F)s1. The zero-order chi connectivity index (χ0) is 14.7. The highest BCUT2D eigenvalue weighted by Crippen LogP contribution is 2.17. The molecule has 1 aromatic carbocycles. The van der Waals surface area contributed by atoms with Crippen LogP contribution < -0.4 is 5.32 Å². The van der Waals surface area contributed by atoms with Gasteiger partial charge in [0.15, 0.2) is 0 Å². The molecule has 1 aromatic heterocycles. The van der Waals surface area contributed by atoms with Gasteiger partial charge in [0.25, 0.3) is 5.91 Å². The fourth-order valence-corrected chi connectivity index (χ4v) is 2.83. The van der Waals surface area contributed by atoms with Crippen LogP contribution in [0.25, 0.3) is 0 Å². The number of thiazole rings is 1. The number of amides is 1. The topological polar surface area (TPSA) is 42.0 Å². The van der Waals surface area contributed by atoms with Crippen molar-refractivity contribution >= 4 is 17.2 Å². The molecule has 2 rings (SSSR count). The maximum atomic E-state index is 13.4. The Morgan fingerprint density at radius 3 is 2.50 bits per heavy atom. The zero-order valence-corrected chi connectivity index (χ0v) is 12.0. The predicted octanol–water partition coefficient (Wildman–Crippen LogP) is 3.01. The van der Waals surface area contributed by atoms with Crippen LogP contribution >= 0.6 is 11.3 Å². The average molecular weight is 296 g/mol. The van der Waals surface area contributed by atoms with E-state index in [1.807, 2.05) is 13.8 Å². The quantitative estimate of drug-likeness (QED) is 0.942. The van der Waals surface area contributed by atoms with Crippen LogP contribution in [0.5, 0.6) is 0 Å². The van der Waals surface area contributed by atoms with Gasteiger partial charge in [0.1, 0.15) is 17.2 Å². The van der Waals surface area contributed by atoms with Crippen molar-refractivity contribution < 1.29 is 13.6 Å². The lowest BCUT2D eigenvalue weighted by atomic mass is 10.2. The summed E-state index contributed by atoms with van der Waals surface area (Å²) in [5.74, 6) is -2.45. The molecule has 0 saturated carbocycles. The van der Waals surface area contributed by atoms with Gasteiger partial charge in [-0.15, -0.1) is 11.3 Å². The number of carbonyl (C=O) groups excluding carboxylic acids is 1. The fraction of sp³-hybridized carbons (Fsp3) is 0.286. The van der Waals surface area contributed by atoms with E-state index in [0.29, 0.717) is 13.0 Å². The van der Waals surface area contributed by atoms with Gasteiger partial charge in [0, 0.05) is 17.8 Å². The third-order valence-electron chi connectivity index (χ3n) is 2.83. The second-order valence-corrected chi connectivity index (χ2v) is 5.63. The molecule has 0 spiro atoms. The highest BCUT2D eigenvalue weighted by molar-refractivity contribution is 7.11. The van der Waals surface area contributed by atoms with Crippen molar-refractivity contribution in [1.29, 1.82) is 0 Å². The Kier molecular flexibility index (Phi) is 4.44. The number of aromatic nitrogens is 1. The number of hydrogen-bond donors (Lipinski definition) is 1. The second kappa shape index (κ2) is 6.09. The van der Waals surface area contributed by atoms with Gasteiger partial charge in [-0.2, -0.15) is 0 Å². The third kappa shape index (κ3) is 3.19. The van der Waals surface area contributed by atoms with Gasteiger partial charge in [-0.1, -0.05) is 6.07 Å². The molecular weight excluding hydrogens is 282 g/mol. The molecule has 6 heteroatoms. The molecule has 0 atom stereocenters. The molecule has 1 heterocycles. The van der Waals surface area contributed by atoms with Crippen molar-refractivity contribution in [2.24, 2.45) is 0 Å². The van der Waals surface area contributed by atoms with Crippen LogP contribution in [0.3, 0.4) is 0 Å². The first-order valence-electron chi connectivity index (χ1n) is 6.14. The molecule has 20 heavy (non-hydrogen) atoms. The standard InChI is InChI=1S/C14H14F2N2OS/c1-8-12(20-9(2)18-8)6-7-17-14(19)13-10(15)4-3-5-11(13)16/h3-5H,6-7H2,1-2H3,(H,17,19). The maximum absolute atomic E-state index is 13.4. The molecule has 106 valence electrons. The number of carbonyl (C=O) groups is 1. The van der Waals surface area contributed by atoms with Crippen LogP contribution in [0.4, 0.5) is 8.78 Å². The smallest absolute Gasteiger partial charge is 0.257 e. The average Bonchev–Trinajstić information content (AvgIpc) is 2.68. The molecule has 1 amide bonds. The molecule has 0 bridgehead atoms. The number of nitrogens with zero attached hydrogens (tertiary/aromatic N) is 1. The van der Waals surface area contributed by atoms with E-state index in [4.69, 9.17) is 0 Å². The Morgan fingerprint density at radius 2 is 1.95 bits per heavy atom. The molecule has 0 saturated heterocycles. The first-order chi connectivity index (χ1) is 9.49. The summed E-state index contributed by atoms with van der Waals surface area (Å²) in [5, 5.41) is 3.49. The van der Waals surface area contributed by atoms with E-state index >= 15 is 0 Å². The summed E-state index contributed by atoms with van der Waals surface area (Å²) >= 11 is 1.56. The summed E-state index contributed by atoms with van der Waals surface area (Å²) in [5.41, 5.74) is 0.392. The van der Waals surface area contributed by atoms with Crippen molar-refractivity contribution in [2.45, 2.75) is 20.3 Å². The normalized spacial score (nSPS) is 10.6. The van der Waals surface area contributed by atoms with Crippen molar-refractivity contribution in [3.05, 3.63) is 51.0 Å².